The predicted octanol–water partition coefficient (Wildman–Crippen LogP) is 2.23. The van der Waals surface area contributed by atoms with Crippen LogP contribution in [0.15, 0.2) is 41.6 Å². The van der Waals surface area contributed by atoms with Gasteiger partial charge in [0.25, 0.3) is 0 Å². The van der Waals surface area contributed by atoms with Gasteiger partial charge in [-0.1, -0.05) is 6.08 Å². The highest BCUT2D eigenvalue weighted by Crippen LogP contribution is 1.87. The number of nitrogens with zero attached hydrogens (tertiary/aromatic N) is 1. The predicted molar refractivity (Wildman–Crippen MR) is 46.3 cm³/mol. The summed E-state index contributed by atoms with van der Waals surface area (Å²) in [5, 5.41) is 1.93. The quantitative estimate of drug-likeness (QED) is 0.591. The average molecular weight is 167 g/mol. The fourth-order valence-electron chi connectivity index (χ4n) is 0.522. The molecule has 0 unspecified atom stereocenters. The molecule has 2 nitrogen and oxygen atoms in total. The summed E-state index contributed by atoms with van der Waals surface area (Å²) < 4.78 is 4.80. The molecule has 1 aromatic rings. The van der Waals surface area contributed by atoms with Gasteiger partial charge in [0.1, 0.15) is 6.61 Å². The Balaban J connectivity index is 0.000000112. The monoisotopic (exact) mass is 167 g/mol. The Labute approximate surface area is 69.9 Å². The third-order valence-corrected chi connectivity index (χ3v) is 1.48. The molecule has 3 heteroatoms. The van der Waals surface area contributed by atoms with Gasteiger partial charge in [-0.05, 0) is 12.2 Å². The molecule has 0 atom stereocenters. The standard InChI is InChI=1S/C5H6O.C3H3NS/c1-2-4-6-5-3-1;1-2-5-3-4-1/h1-4H,5H2;1-3H. The molecule has 1 aromatic heterocycles. The normalized spacial score (nSPS) is 13.1. The molecule has 1 aliphatic heterocycles. The Kier molecular flexibility index (Phi) is 4.13. The van der Waals surface area contributed by atoms with Crippen molar-refractivity contribution in [3.63, 3.8) is 0 Å². The molecule has 2 rings (SSSR count). The number of thiazole rings is 1. The zero-order valence-corrected chi connectivity index (χ0v) is 6.83. The zero-order valence-electron chi connectivity index (χ0n) is 6.01. The number of ether oxygens (including phenoxy) is 1. The highest BCUT2D eigenvalue weighted by atomic mass is 32.1. The Hall–Kier alpha value is -1.09. The third kappa shape index (κ3) is 4.33. The lowest BCUT2D eigenvalue weighted by Crippen LogP contribution is -1.82. The Bertz CT molecular complexity index is 187. The van der Waals surface area contributed by atoms with Gasteiger partial charge < -0.3 is 4.74 Å². The SMILES string of the molecule is C1=CCOC=C1.c1cscn1. The molecule has 0 N–H and O–H groups in total. The summed E-state index contributed by atoms with van der Waals surface area (Å²) in [6.07, 6.45) is 9.23. The van der Waals surface area contributed by atoms with Crippen LogP contribution in [0, 0.1) is 0 Å². The Morgan fingerprint density at radius 2 is 2.36 bits per heavy atom. The topological polar surface area (TPSA) is 22.1 Å². The van der Waals surface area contributed by atoms with Crippen LogP contribution in [0.4, 0.5) is 0 Å². The summed E-state index contributed by atoms with van der Waals surface area (Å²) in [5.41, 5.74) is 1.79. The Morgan fingerprint density at radius 3 is 2.55 bits per heavy atom. The van der Waals surface area contributed by atoms with Crippen LogP contribution in [0.2, 0.25) is 0 Å². The van der Waals surface area contributed by atoms with Crippen LogP contribution in [0.3, 0.4) is 0 Å². The minimum absolute atomic E-state index is 0.733. The fourth-order valence-corrected chi connectivity index (χ4v) is 0.873. The second-order valence-corrected chi connectivity index (χ2v) is 2.52. The number of hydrogen-bond donors (Lipinski definition) is 0. The van der Waals surface area contributed by atoms with E-state index in [0.717, 1.165) is 6.61 Å². The van der Waals surface area contributed by atoms with Crippen LogP contribution in [-0.4, -0.2) is 11.6 Å². The van der Waals surface area contributed by atoms with E-state index < -0.39 is 0 Å². The van der Waals surface area contributed by atoms with E-state index in [1.165, 1.54) is 0 Å². The van der Waals surface area contributed by atoms with E-state index in [1.807, 2.05) is 23.6 Å². The van der Waals surface area contributed by atoms with Crippen molar-refractivity contribution in [2.75, 3.05) is 6.61 Å². The molecule has 0 fully saturated rings. The highest BCUT2D eigenvalue weighted by Gasteiger charge is 1.75. The minimum atomic E-state index is 0.733. The first kappa shape index (κ1) is 8.01. The number of allylic oxidation sites excluding steroid dienone is 2. The molecule has 0 bridgehead atoms. The molecule has 0 spiro atoms. The van der Waals surface area contributed by atoms with Crippen LogP contribution in [0.25, 0.3) is 0 Å². The maximum absolute atomic E-state index is 4.80. The van der Waals surface area contributed by atoms with E-state index in [2.05, 4.69) is 4.98 Å². The highest BCUT2D eigenvalue weighted by molar-refractivity contribution is 7.07. The summed E-state index contributed by atoms with van der Waals surface area (Å²) >= 11 is 1.60. The number of rotatable bonds is 0. The van der Waals surface area contributed by atoms with Gasteiger partial charge in [0, 0.05) is 11.6 Å². The molecule has 0 amide bonds. The molecular formula is C8H9NOS. The van der Waals surface area contributed by atoms with Gasteiger partial charge in [0.2, 0.25) is 0 Å². The Morgan fingerprint density at radius 1 is 1.36 bits per heavy atom. The largest absolute Gasteiger partial charge is 0.497 e. The number of hydrogen-bond acceptors (Lipinski definition) is 3. The van der Waals surface area contributed by atoms with Crippen LogP contribution < -0.4 is 0 Å². The smallest absolute Gasteiger partial charge is 0.106 e. The van der Waals surface area contributed by atoms with Gasteiger partial charge in [0.15, 0.2) is 0 Å². The van der Waals surface area contributed by atoms with E-state index in [0.29, 0.717) is 0 Å². The van der Waals surface area contributed by atoms with Crippen molar-refractivity contribution in [3.8, 4) is 0 Å². The third-order valence-electron chi connectivity index (χ3n) is 0.962. The maximum Gasteiger partial charge on any atom is 0.106 e. The summed E-state index contributed by atoms with van der Waals surface area (Å²) in [6.45, 7) is 0.733. The maximum atomic E-state index is 4.80. The summed E-state index contributed by atoms with van der Waals surface area (Å²) in [7, 11) is 0. The van der Waals surface area contributed by atoms with E-state index in [9.17, 15) is 0 Å². The van der Waals surface area contributed by atoms with Crippen molar-refractivity contribution in [1.82, 2.24) is 4.98 Å². The summed E-state index contributed by atoms with van der Waals surface area (Å²) in [6, 6.07) is 0. The van der Waals surface area contributed by atoms with Crippen molar-refractivity contribution in [1.29, 1.82) is 0 Å². The van der Waals surface area contributed by atoms with E-state index in [1.54, 1.807) is 29.3 Å². The molecule has 0 radical (unpaired) electrons. The number of aromatic nitrogens is 1. The van der Waals surface area contributed by atoms with Crippen molar-refractivity contribution < 1.29 is 4.74 Å². The second kappa shape index (κ2) is 5.68. The van der Waals surface area contributed by atoms with Crippen molar-refractivity contribution in [2.24, 2.45) is 0 Å². The molecule has 58 valence electrons. The molecule has 0 saturated carbocycles. The van der Waals surface area contributed by atoms with E-state index in [4.69, 9.17) is 4.74 Å². The fraction of sp³-hybridized carbons (Fsp3) is 0.125. The molecule has 11 heavy (non-hydrogen) atoms. The van der Waals surface area contributed by atoms with Gasteiger partial charge in [-0.3, -0.25) is 4.98 Å². The molecular weight excluding hydrogens is 158 g/mol. The van der Waals surface area contributed by atoms with Gasteiger partial charge in [-0.15, -0.1) is 11.3 Å². The van der Waals surface area contributed by atoms with Crippen molar-refractivity contribution in [2.45, 2.75) is 0 Å². The van der Waals surface area contributed by atoms with Crippen LogP contribution >= 0.6 is 11.3 Å². The van der Waals surface area contributed by atoms with Crippen LogP contribution in [-0.2, 0) is 4.74 Å². The van der Waals surface area contributed by atoms with E-state index >= 15 is 0 Å². The van der Waals surface area contributed by atoms with Gasteiger partial charge in [0.05, 0.1) is 11.8 Å². The van der Waals surface area contributed by atoms with E-state index in [-0.39, 0.29) is 0 Å². The average Bonchev–Trinajstić information content (AvgIpc) is 2.64. The molecule has 0 aliphatic carbocycles. The van der Waals surface area contributed by atoms with Gasteiger partial charge in [-0.2, -0.15) is 0 Å². The molecule has 0 saturated heterocycles. The van der Waals surface area contributed by atoms with Crippen molar-refractivity contribution >= 4 is 11.3 Å². The van der Waals surface area contributed by atoms with Gasteiger partial charge in [-0.25, -0.2) is 0 Å². The molecule has 0 aromatic carbocycles. The second-order valence-electron chi connectivity index (χ2n) is 1.77. The first-order chi connectivity index (χ1) is 5.50. The lowest BCUT2D eigenvalue weighted by atomic mass is 10.5. The zero-order chi connectivity index (χ0) is 7.78. The summed E-state index contributed by atoms with van der Waals surface area (Å²) in [5.74, 6) is 0. The van der Waals surface area contributed by atoms with Gasteiger partial charge >= 0.3 is 0 Å². The lowest BCUT2D eigenvalue weighted by Gasteiger charge is -1.94. The van der Waals surface area contributed by atoms with Crippen molar-refractivity contribution in [3.05, 3.63) is 41.6 Å². The summed E-state index contributed by atoms with van der Waals surface area (Å²) in [4.78, 5) is 3.74. The minimum Gasteiger partial charge on any atom is -0.497 e. The first-order valence-corrected chi connectivity index (χ1v) is 4.20. The van der Waals surface area contributed by atoms with Crippen LogP contribution in [0.5, 0.6) is 0 Å². The lowest BCUT2D eigenvalue weighted by molar-refractivity contribution is 0.286. The van der Waals surface area contributed by atoms with Crippen LogP contribution in [0.1, 0.15) is 0 Å². The molecule has 2 heterocycles. The first-order valence-electron chi connectivity index (χ1n) is 3.25. The molecule has 1 aliphatic rings.